The van der Waals surface area contributed by atoms with E-state index in [9.17, 15) is 9.59 Å². The molecule has 2 aliphatic heterocycles. The van der Waals surface area contributed by atoms with Crippen LogP contribution in [0, 0.1) is 0 Å². The number of carbonyl (C=O) groups excluding carboxylic acids is 2. The second-order valence-electron chi connectivity index (χ2n) is 8.83. The molecule has 2 amide bonds. The summed E-state index contributed by atoms with van der Waals surface area (Å²) in [4.78, 5) is 32.2. The normalized spacial score (nSPS) is 20.1. The van der Waals surface area contributed by atoms with Crippen molar-refractivity contribution >= 4 is 11.8 Å². The molecule has 2 saturated heterocycles. The van der Waals surface area contributed by atoms with Gasteiger partial charge < -0.3 is 15.3 Å². The summed E-state index contributed by atoms with van der Waals surface area (Å²) in [5, 5.41) is 12.1. The molecular weight excluding hydrogens is 416 g/mol. The van der Waals surface area contributed by atoms with Crippen LogP contribution in [0.25, 0.3) is 0 Å². The molecule has 2 N–H and O–H groups in total. The number of carbonyl (C=O) groups is 2. The van der Waals surface area contributed by atoms with Crippen molar-refractivity contribution in [2.45, 2.75) is 18.4 Å². The van der Waals surface area contributed by atoms with Crippen LogP contribution >= 0.6 is 0 Å². The van der Waals surface area contributed by atoms with Crippen LogP contribution in [-0.2, 0) is 9.59 Å². The van der Waals surface area contributed by atoms with E-state index >= 15 is 0 Å². The van der Waals surface area contributed by atoms with Gasteiger partial charge in [0.05, 0.1) is 19.1 Å². The molecule has 2 fully saturated rings. The van der Waals surface area contributed by atoms with E-state index in [2.05, 4.69) is 39.4 Å². The van der Waals surface area contributed by atoms with Crippen molar-refractivity contribution in [2.24, 2.45) is 0 Å². The minimum Gasteiger partial charge on any atom is -0.395 e. The van der Waals surface area contributed by atoms with E-state index in [0.29, 0.717) is 32.7 Å². The summed E-state index contributed by atoms with van der Waals surface area (Å²) in [7, 11) is 0. The number of amides is 2. The van der Waals surface area contributed by atoms with Crippen molar-refractivity contribution in [2.75, 3.05) is 59.0 Å². The molecule has 7 heteroatoms. The molecule has 2 aromatic carbocycles. The summed E-state index contributed by atoms with van der Waals surface area (Å²) in [6, 6.07) is 20.3. The molecule has 2 aliphatic rings. The summed E-state index contributed by atoms with van der Waals surface area (Å²) >= 11 is 0. The van der Waals surface area contributed by atoms with Crippen LogP contribution in [0.4, 0.5) is 0 Å². The fourth-order valence-electron chi connectivity index (χ4n) is 4.87. The van der Waals surface area contributed by atoms with E-state index < -0.39 is 6.04 Å². The zero-order chi connectivity index (χ0) is 23.0. The number of β-amino-alcohol motifs (C(OH)–C–C–N with tert-alkyl or cyclic N) is 1. The molecule has 0 aliphatic carbocycles. The Morgan fingerprint density at radius 2 is 1.55 bits per heavy atom. The second kappa shape index (κ2) is 11.4. The van der Waals surface area contributed by atoms with E-state index in [1.807, 2.05) is 41.3 Å². The highest BCUT2D eigenvalue weighted by Gasteiger charge is 2.35. The lowest BCUT2D eigenvalue weighted by Crippen LogP contribution is -2.58. The van der Waals surface area contributed by atoms with Gasteiger partial charge in [0, 0.05) is 58.3 Å². The van der Waals surface area contributed by atoms with E-state index in [-0.39, 0.29) is 30.8 Å². The fraction of sp³-hybridized carbons (Fsp3) is 0.462. The molecule has 0 saturated carbocycles. The van der Waals surface area contributed by atoms with E-state index in [4.69, 9.17) is 5.11 Å². The highest BCUT2D eigenvalue weighted by atomic mass is 16.3. The van der Waals surface area contributed by atoms with Crippen LogP contribution < -0.4 is 5.32 Å². The third-order valence-electron chi connectivity index (χ3n) is 6.77. The van der Waals surface area contributed by atoms with Crippen molar-refractivity contribution in [1.29, 1.82) is 0 Å². The van der Waals surface area contributed by atoms with Gasteiger partial charge in [0.25, 0.3) is 0 Å². The molecule has 0 spiro atoms. The SMILES string of the molecule is O=C1NCCN(CC(c2ccccc2)c2ccccc2)C1CC(=O)N1CCN(CCO)CC1. The monoisotopic (exact) mass is 450 g/mol. The molecule has 2 heterocycles. The lowest BCUT2D eigenvalue weighted by atomic mass is 9.90. The topological polar surface area (TPSA) is 76.1 Å². The summed E-state index contributed by atoms with van der Waals surface area (Å²) in [6.07, 6.45) is 0.197. The first-order chi connectivity index (χ1) is 16.2. The Kier molecular flexibility index (Phi) is 8.10. The third-order valence-corrected chi connectivity index (χ3v) is 6.77. The Balaban J connectivity index is 1.47. The zero-order valence-electron chi connectivity index (χ0n) is 19.1. The lowest BCUT2D eigenvalue weighted by Gasteiger charge is -2.39. The molecule has 176 valence electrons. The summed E-state index contributed by atoms with van der Waals surface area (Å²) in [5.74, 6) is 0.0907. The maximum Gasteiger partial charge on any atom is 0.237 e. The van der Waals surface area contributed by atoms with Crippen LogP contribution in [-0.4, -0.2) is 96.6 Å². The summed E-state index contributed by atoms with van der Waals surface area (Å²) < 4.78 is 0. The first-order valence-electron chi connectivity index (χ1n) is 11.9. The molecule has 4 rings (SSSR count). The number of nitrogens with zero attached hydrogens (tertiary/aromatic N) is 3. The van der Waals surface area contributed by atoms with Gasteiger partial charge in [0.2, 0.25) is 11.8 Å². The fourth-order valence-corrected chi connectivity index (χ4v) is 4.87. The van der Waals surface area contributed by atoms with Gasteiger partial charge in [-0.25, -0.2) is 0 Å². The number of rotatable bonds is 8. The Labute approximate surface area is 196 Å². The Bertz CT molecular complexity index is 861. The zero-order valence-corrected chi connectivity index (χ0v) is 19.1. The largest absolute Gasteiger partial charge is 0.395 e. The van der Waals surface area contributed by atoms with E-state index in [1.54, 1.807) is 0 Å². The van der Waals surface area contributed by atoms with Gasteiger partial charge >= 0.3 is 0 Å². The first-order valence-corrected chi connectivity index (χ1v) is 11.9. The minimum atomic E-state index is -0.461. The van der Waals surface area contributed by atoms with Gasteiger partial charge in [0.15, 0.2) is 0 Å². The van der Waals surface area contributed by atoms with Gasteiger partial charge in [-0.1, -0.05) is 60.7 Å². The van der Waals surface area contributed by atoms with Crippen LogP contribution in [0.1, 0.15) is 23.5 Å². The molecule has 0 bridgehead atoms. The predicted octanol–water partition coefficient (Wildman–Crippen LogP) is 1.15. The maximum absolute atomic E-state index is 13.1. The Morgan fingerprint density at radius 3 is 2.12 bits per heavy atom. The summed E-state index contributed by atoms with van der Waals surface area (Å²) in [5.41, 5.74) is 2.42. The average molecular weight is 451 g/mol. The first kappa shape index (κ1) is 23.4. The number of hydrogen-bond donors (Lipinski definition) is 2. The molecule has 7 nitrogen and oxygen atoms in total. The Hall–Kier alpha value is -2.74. The molecular formula is C26H34N4O3. The molecule has 1 unspecified atom stereocenters. The molecule has 0 aromatic heterocycles. The quantitative estimate of drug-likeness (QED) is 0.631. The van der Waals surface area contributed by atoms with Crippen LogP contribution in [0.15, 0.2) is 60.7 Å². The molecule has 0 radical (unpaired) electrons. The number of hydrogen-bond acceptors (Lipinski definition) is 5. The number of nitrogens with one attached hydrogen (secondary N) is 1. The standard InChI is InChI=1S/C26H34N4O3/c31-18-17-28-13-15-29(16-14-28)25(32)19-24-26(33)27-11-12-30(24)20-23(21-7-3-1-4-8-21)22-9-5-2-6-10-22/h1-10,23-24,31H,11-20H2,(H,27,33). The van der Waals surface area contributed by atoms with Gasteiger partial charge in [0.1, 0.15) is 0 Å². The highest BCUT2D eigenvalue weighted by molar-refractivity contribution is 5.89. The van der Waals surface area contributed by atoms with Crippen LogP contribution in [0.5, 0.6) is 0 Å². The number of benzene rings is 2. The number of aliphatic hydroxyl groups is 1. The van der Waals surface area contributed by atoms with E-state index in [0.717, 1.165) is 19.6 Å². The van der Waals surface area contributed by atoms with Crippen molar-refractivity contribution < 1.29 is 14.7 Å². The van der Waals surface area contributed by atoms with Crippen molar-refractivity contribution in [1.82, 2.24) is 20.0 Å². The van der Waals surface area contributed by atoms with Gasteiger partial charge in [-0.15, -0.1) is 0 Å². The second-order valence-corrected chi connectivity index (χ2v) is 8.83. The smallest absolute Gasteiger partial charge is 0.237 e. The van der Waals surface area contributed by atoms with Crippen LogP contribution in [0.2, 0.25) is 0 Å². The van der Waals surface area contributed by atoms with Gasteiger partial charge in [-0.05, 0) is 11.1 Å². The number of piperazine rings is 2. The minimum absolute atomic E-state index is 0.0293. The lowest BCUT2D eigenvalue weighted by molar-refractivity contribution is -0.140. The van der Waals surface area contributed by atoms with Gasteiger partial charge in [-0.2, -0.15) is 0 Å². The highest BCUT2D eigenvalue weighted by Crippen LogP contribution is 2.27. The van der Waals surface area contributed by atoms with Crippen molar-refractivity contribution in [3.05, 3.63) is 71.8 Å². The molecule has 33 heavy (non-hydrogen) atoms. The number of aliphatic hydroxyl groups excluding tert-OH is 1. The molecule has 2 aromatic rings. The van der Waals surface area contributed by atoms with Gasteiger partial charge in [-0.3, -0.25) is 19.4 Å². The third kappa shape index (κ3) is 5.99. The van der Waals surface area contributed by atoms with Crippen molar-refractivity contribution in [3.63, 3.8) is 0 Å². The van der Waals surface area contributed by atoms with E-state index in [1.165, 1.54) is 11.1 Å². The summed E-state index contributed by atoms with van der Waals surface area (Å²) in [6.45, 7) is 5.59. The maximum atomic E-state index is 13.1. The van der Waals surface area contributed by atoms with Crippen molar-refractivity contribution in [3.8, 4) is 0 Å². The molecule has 1 atom stereocenters. The predicted molar refractivity (Wildman–Crippen MR) is 128 cm³/mol. The average Bonchev–Trinajstić information content (AvgIpc) is 2.86. The van der Waals surface area contributed by atoms with Crippen LogP contribution in [0.3, 0.4) is 0 Å². The Morgan fingerprint density at radius 1 is 0.939 bits per heavy atom.